The number of anilines is 3. The Morgan fingerprint density at radius 1 is 1.05 bits per heavy atom. The van der Waals surface area contributed by atoms with Gasteiger partial charge in [0.1, 0.15) is 22.8 Å². The first kappa shape index (κ1) is 26.0. The molecule has 4 amide bonds. The summed E-state index contributed by atoms with van der Waals surface area (Å²) in [6.07, 6.45) is 0.984. The number of benzene rings is 2. The molecule has 10 nitrogen and oxygen atoms in total. The number of likely N-dealkylation sites (tertiary alicyclic amines) is 1. The van der Waals surface area contributed by atoms with E-state index in [9.17, 15) is 23.9 Å². The molecule has 4 N–H and O–H groups in total. The number of ether oxygens (including phenoxy) is 1. The molecule has 0 radical (unpaired) electrons. The SMILES string of the molecule is NC(=O)C1(C(=O)N(c2ccc(F)cc2)c2cc(F)c(Oc3ccnc(NC(=O)N4CC(O)C4)c3)cc2F)CC1. The Morgan fingerprint density at radius 2 is 1.74 bits per heavy atom. The molecular formula is C26H22F3N5O5. The van der Waals surface area contributed by atoms with E-state index in [1.165, 1.54) is 35.4 Å². The van der Waals surface area contributed by atoms with Gasteiger partial charge in [-0.15, -0.1) is 0 Å². The molecule has 2 aliphatic rings. The van der Waals surface area contributed by atoms with Gasteiger partial charge in [-0.05, 0) is 43.2 Å². The molecule has 1 saturated carbocycles. The van der Waals surface area contributed by atoms with Crippen molar-refractivity contribution in [1.82, 2.24) is 9.88 Å². The van der Waals surface area contributed by atoms with Crippen molar-refractivity contribution >= 4 is 35.0 Å². The van der Waals surface area contributed by atoms with Crippen LogP contribution in [0.1, 0.15) is 12.8 Å². The maximum absolute atomic E-state index is 15.4. The summed E-state index contributed by atoms with van der Waals surface area (Å²) >= 11 is 0. The minimum atomic E-state index is -1.57. The van der Waals surface area contributed by atoms with Crippen molar-refractivity contribution in [3.63, 3.8) is 0 Å². The lowest BCUT2D eigenvalue weighted by atomic mass is 10.0. The van der Waals surface area contributed by atoms with Crippen LogP contribution in [-0.2, 0) is 9.59 Å². The number of carbonyl (C=O) groups is 3. The number of urea groups is 1. The summed E-state index contributed by atoms with van der Waals surface area (Å²) in [7, 11) is 0. The highest BCUT2D eigenvalue weighted by Crippen LogP contribution is 2.49. The van der Waals surface area contributed by atoms with Gasteiger partial charge >= 0.3 is 6.03 Å². The van der Waals surface area contributed by atoms with Crippen molar-refractivity contribution < 1.29 is 37.4 Å². The second-order valence-electron chi connectivity index (χ2n) is 9.27. The highest BCUT2D eigenvalue weighted by atomic mass is 19.1. The quantitative estimate of drug-likeness (QED) is 0.392. The van der Waals surface area contributed by atoms with Crippen LogP contribution in [0.3, 0.4) is 0 Å². The zero-order valence-electron chi connectivity index (χ0n) is 20.2. The number of amides is 4. The summed E-state index contributed by atoms with van der Waals surface area (Å²) in [5.74, 6) is -4.93. The van der Waals surface area contributed by atoms with Gasteiger partial charge in [0.05, 0.1) is 24.9 Å². The first-order valence-corrected chi connectivity index (χ1v) is 11.8. The number of nitrogens with zero attached hydrogens (tertiary/aromatic N) is 3. The van der Waals surface area contributed by atoms with Crippen molar-refractivity contribution in [3.8, 4) is 11.5 Å². The smallest absolute Gasteiger partial charge is 0.323 e. The fourth-order valence-corrected chi connectivity index (χ4v) is 4.11. The minimum Gasteiger partial charge on any atom is -0.454 e. The van der Waals surface area contributed by atoms with E-state index in [4.69, 9.17) is 10.5 Å². The lowest BCUT2D eigenvalue weighted by Gasteiger charge is -2.35. The first-order chi connectivity index (χ1) is 18.6. The van der Waals surface area contributed by atoms with Crippen LogP contribution >= 0.6 is 0 Å². The second kappa shape index (κ2) is 9.91. The molecule has 2 heterocycles. The van der Waals surface area contributed by atoms with E-state index in [1.807, 2.05) is 0 Å². The molecule has 13 heteroatoms. The van der Waals surface area contributed by atoms with Gasteiger partial charge in [-0.2, -0.15) is 0 Å². The maximum Gasteiger partial charge on any atom is 0.323 e. The van der Waals surface area contributed by atoms with Crippen molar-refractivity contribution in [3.05, 3.63) is 72.2 Å². The normalized spacial score (nSPS) is 15.7. The van der Waals surface area contributed by atoms with Gasteiger partial charge in [-0.3, -0.25) is 19.8 Å². The number of rotatable bonds is 7. The number of primary amides is 1. The molecule has 0 bridgehead atoms. The van der Waals surface area contributed by atoms with E-state index < -0.39 is 58.3 Å². The van der Waals surface area contributed by atoms with Gasteiger partial charge in [-0.1, -0.05) is 0 Å². The highest BCUT2D eigenvalue weighted by molar-refractivity contribution is 6.16. The molecule has 39 heavy (non-hydrogen) atoms. The summed E-state index contributed by atoms with van der Waals surface area (Å²) < 4.78 is 49.6. The Labute approximate surface area is 219 Å². The number of aromatic nitrogens is 1. The van der Waals surface area contributed by atoms with Crippen molar-refractivity contribution in [2.45, 2.75) is 18.9 Å². The van der Waals surface area contributed by atoms with E-state index in [0.717, 1.165) is 29.2 Å². The number of hydrogen-bond donors (Lipinski definition) is 3. The maximum atomic E-state index is 15.4. The molecule has 0 spiro atoms. The van der Waals surface area contributed by atoms with Crippen LogP contribution in [0.5, 0.6) is 11.5 Å². The third kappa shape index (κ3) is 5.08. The molecule has 1 saturated heterocycles. The Kier molecular flexibility index (Phi) is 6.60. The van der Waals surface area contributed by atoms with Crippen LogP contribution in [0.25, 0.3) is 0 Å². The summed E-state index contributed by atoms with van der Waals surface area (Å²) in [6.45, 7) is 0.355. The average Bonchev–Trinajstić information content (AvgIpc) is 3.69. The zero-order chi connectivity index (χ0) is 27.9. The molecule has 3 aromatic rings. The van der Waals surface area contributed by atoms with Gasteiger partial charge < -0.3 is 20.5 Å². The molecule has 2 fully saturated rings. The van der Waals surface area contributed by atoms with Gasteiger partial charge in [0, 0.05) is 30.1 Å². The summed E-state index contributed by atoms with van der Waals surface area (Å²) in [5, 5.41) is 11.8. The number of pyridine rings is 1. The molecule has 1 aliphatic carbocycles. The predicted molar refractivity (Wildman–Crippen MR) is 132 cm³/mol. The number of nitrogens with two attached hydrogens (primary N) is 1. The van der Waals surface area contributed by atoms with E-state index in [0.29, 0.717) is 0 Å². The van der Waals surface area contributed by atoms with Crippen molar-refractivity contribution in [2.24, 2.45) is 11.1 Å². The van der Waals surface area contributed by atoms with Crippen LogP contribution in [-0.4, -0.2) is 52.0 Å². The Hall–Kier alpha value is -4.65. The molecule has 202 valence electrons. The summed E-state index contributed by atoms with van der Waals surface area (Å²) in [4.78, 5) is 43.7. The topological polar surface area (TPSA) is 138 Å². The molecule has 2 aromatic carbocycles. The fraction of sp³-hybridized carbons (Fsp3) is 0.231. The van der Waals surface area contributed by atoms with Crippen LogP contribution in [0.4, 0.5) is 35.2 Å². The molecule has 1 aromatic heterocycles. The third-order valence-corrected chi connectivity index (χ3v) is 6.50. The number of nitrogens with one attached hydrogen (secondary N) is 1. The van der Waals surface area contributed by atoms with Crippen LogP contribution in [0.2, 0.25) is 0 Å². The predicted octanol–water partition coefficient (Wildman–Crippen LogP) is 3.43. The van der Waals surface area contributed by atoms with Gasteiger partial charge in [0.15, 0.2) is 17.4 Å². The molecule has 5 rings (SSSR count). The highest BCUT2D eigenvalue weighted by Gasteiger charge is 2.57. The zero-order valence-corrected chi connectivity index (χ0v) is 20.2. The Bertz CT molecular complexity index is 1460. The first-order valence-electron chi connectivity index (χ1n) is 11.8. The largest absolute Gasteiger partial charge is 0.454 e. The van der Waals surface area contributed by atoms with Crippen LogP contribution < -0.4 is 20.7 Å². The lowest BCUT2D eigenvalue weighted by Crippen LogP contribution is -2.54. The molecule has 0 atom stereocenters. The molecule has 1 aliphatic heterocycles. The fourth-order valence-electron chi connectivity index (χ4n) is 4.11. The van der Waals surface area contributed by atoms with E-state index in [2.05, 4.69) is 10.3 Å². The van der Waals surface area contributed by atoms with Crippen LogP contribution in [0.15, 0.2) is 54.7 Å². The number of carbonyl (C=O) groups excluding carboxylic acids is 3. The summed E-state index contributed by atoms with van der Waals surface area (Å²) in [6, 6.07) is 8.05. The van der Waals surface area contributed by atoms with Gasteiger partial charge in [0.25, 0.3) is 0 Å². The Morgan fingerprint density at radius 3 is 2.36 bits per heavy atom. The van der Waals surface area contributed by atoms with Crippen molar-refractivity contribution in [2.75, 3.05) is 23.3 Å². The van der Waals surface area contributed by atoms with Crippen molar-refractivity contribution in [1.29, 1.82) is 0 Å². The van der Waals surface area contributed by atoms with E-state index >= 15 is 8.78 Å². The van der Waals surface area contributed by atoms with E-state index in [1.54, 1.807) is 0 Å². The number of aliphatic hydroxyl groups is 1. The number of aliphatic hydroxyl groups excluding tert-OH is 1. The summed E-state index contributed by atoms with van der Waals surface area (Å²) in [5.41, 5.74) is 3.34. The molecular weight excluding hydrogens is 519 g/mol. The minimum absolute atomic E-state index is 0.00475. The standard InChI is InChI=1S/C26H22F3N5O5/c27-14-1-3-15(4-2-14)34(24(37)26(6-7-26)23(30)36)20-10-19(29)21(11-18(20)28)39-17-5-8-31-22(9-17)32-25(38)33-12-16(35)13-33/h1-5,8-11,16,35H,6-7,12-13H2,(H2,30,36)(H,31,32,38). The number of β-amino-alcohol motifs (C(OH)–C–C–N with tert-alkyl or cyclic N) is 1. The average molecular weight is 541 g/mol. The third-order valence-electron chi connectivity index (χ3n) is 6.50. The monoisotopic (exact) mass is 541 g/mol. The van der Waals surface area contributed by atoms with Gasteiger partial charge in [0.2, 0.25) is 11.8 Å². The van der Waals surface area contributed by atoms with Gasteiger partial charge in [-0.25, -0.2) is 22.9 Å². The number of halogens is 3. The number of hydrogen-bond acceptors (Lipinski definition) is 6. The Balaban J connectivity index is 1.42. The molecule has 0 unspecified atom stereocenters. The van der Waals surface area contributed by atoms with Crippen LogP contribution in [0, 0.1) is 22.9 Å². The lowest BCUT2D eigenvalue weighted by molar-refractivity contribution is -0.133. The van der Waals surface area contributed by atoms with E-state index in [-0.39, 0.29) is 43.2 Å². The second-order valence-corrected chi connectivity index (χ2v) is 9.27.